The van der Waals surface area contributed by atoms with Crippen molar-refractivity contribution in [3.05, 3.63) is 71.9 Å². The average molecular weight is 374 g/mol. The molecule has 0 amide bonds. The Morgan fingerprint density at radius 2 is 1.79 bits per heavy atom. The van der Waals surface area contributed by atoms with Crippen molar-refractivity contribution >= 4 is 23.1 Å². The summed E-state index contributed by atoms with van der Waals surface area (Å²) in [6, 6.07) is 18.9. The van der Waals surface area contributed by atoms with Gasteiger partial charge in [-0.25, -0.2) is 4.98 Å². The Kier molecular flexibility index (Phi) is 5.71. The van der Waals surface area contributed by atoms with Gasteiger partial charge >= 0.3 is 0 Å². The molecule has 3 aromatic rings. The minimum atomic E-state index is 0.597. The van der Waals surface area contributed by atoms with Gasteiger partial charge in [0.05, 0.1) is 0 Å². The van der Waals surface area contributed by atoms with Crippen molar-refractivity contribution in [1.82, 2.24) is 9.97 Å². The lowest BCUT2D eigenvalue weighted by Crippen LogP contribution is -2.29. The lowest BCUT2D eigenvalue weighted by Gasteiger charge is -2.28. The van der Waals surface area contributed by atoms with Gasteiger partial charge in [0.25, 0.3) is 0 Å². The lowest BCUT2D eigenvalue weighted by molar-refractivity contribution is 0.578. The Morgan fingerprint density at radius 3 is 2.57 bits per heavy atom. The number of hydrogen-bond acceptors (Lipinski definition) is 5. The quantitative estimate of drug-likeness (QED) is 0.627. The highest BCUT2D eigenvalue weighted by Gasteiger charge is 2.10. The van der Waals surface area contributed by atoms with Crippen LogP contribution in [-0.4, -0.2) is 23.1 Å². The molecule has 2 N–H and O–H groups in total. The molecule has 0 spiro atoms. The van der Waals surface area contributed by atoms with Gasteiger partial charge in [-0.05, 0) is 62.1 Å². The maximum Gasteiger partial charge on any atom is 0.229 e. The summed E-state index contributed by atoms with van der Waals surface area (Å²) in [6.45, 7) is 5.16. The van der Waals surface area contributed by atoms with Crippen molar-refractivity contribution in [3.63, 3.8) is 0 Å². The first-order chi connectivity index (χ1) is 13.8. The predicted molar refractivity (Wildman–Crippen MR) is 116 cm³/mol. The number of benzene rings is 2. The van der Waals surface area contributed by atoms with E-state index in [0.717, 1.165) is 31.1 Å². The van der Waals surface area contributed by atoms with Crippen LogP contribution in [0.15, 0.2) is 60.8 Å². The molecule has 0 bridgehead atoms. The summed E-state index contributed by atoms with van der Waals surface area (Å²) in [5, 5.41) is 6.67. The Morgan fingerprint density at radius 1 is 0.964 bits per heavy atom. The molecule has 144 valence electrons. The molecule has 1 aromatic heterocycles. The zero-order valence-corrected chi connectivity index (χ0v) is 16.4. The number of nitrogens with zero attached hydrogens (tertiary/aromatic N) is 3. The number of anilines is 4. The van der Waals surface area contributed by atoms with E-state index < -0.39 is 0 Å². The van der Waals surface area contributed by atoms with Crippen LogP contribution in [0.1, 0.15) is 30.4 Å². The topological polar surface area (TPSA) is 53.1 Å². The van der Waals surface area contributed by atoms with Gasteiger partial charge in [0.2, 0.25) is 5.95 Å². The van der Waals surface area contributed by atoms with E-state index in [2.05, 4.69) is 81.0 Å². The van der Waals surface area contributed by atoms with Crippen LogP contribution in [0, 0.1) is 6.92 Å². The standard InChI is InChI=1S/C23H27N5/c1-18-6-5-7-19(16-18)17-25-22-12-13-24-23(27-22)26-20-8-10-21(11-9-20)28-14-3-2-4-15-28/h5-13,16H,2-4,14-15,17H2,1H3,(H2,24,25,26,27). The van der Waals surface area contributed by atoms with E-state index in [9.17, 15) is 0 Å². The first-order valence-corrected chi connectivity index (χ1v) is 10.0. The van der Waals surface area contributed by atoms with E-state index >= 15 is 0 Å². The van der Waals surface area contributed by atoms with E-state index in [1.54, 1.807) is 6.20 Å². The Bertz CT molecular complexity index is 901. The number of nitrogens with one attached hydrogen (secondary N) is 2. The molecule has 0 unspecified atom stereocenters. The molecule has 5 heteroatoms. The highest BCUT2D eigenvalue weighted by atomic mass is 15.1. The summed E-state index contributed by atoms with van der Waals surface area (Å²) < 4.78 is 0. The van der Waals surface area contributed by atoms with Gasteiger partial charge in [-0.1, -0.05) is 29.8 Å². The van der Waals surface area contributed by atoms with Gasteiger partial charge in [-0.15, -0.1) is 0 Å². The second-order valence-electron chi connectivity index (χ2n) is 7.33. The molecule has 2 heterocycles. The zero-order valence-electron chi connectivity index (χ0n) is 16.4. The molecule has 1 fully saturated rings. The van der Waals surface area contributed by atoms with Crippen LogP contribution < -0.4 is 15.5 Å². The van der Waals surface area contributed by atoms with Gasteiger partial charge in [0.1, 0.15) is 5.82 Å². The van der Waals surface area contributed by atoms with Crippen LogP contribution >= 0.6 is 0 Å². The van der Waals surface area contributed by atoms with Crippen LogP contribution in [0.2, 0.25) is 0 Å². The van der Waals surface area contributed by atoms with Gasteiger partial charge in [-0.2, -0.15) is 4.98 Å². The molecule has 1 aliphatic heterocycles. The minimum absolute atomic E-state index is 0.597. The zero-order chi connectivity index (χ0) is 19.2. The summed E-state index contributed by atoms with van der Waals surface area (Å²) >= 11 is 0. The second kappa shape index (κ2) is 8.74. The fraction of sp³-hybridized carbons (Fsp3) is 0.304. The number of hydrogen-bond donors (Lipinski definition) is 2. The number of rotatable bonds is 6. The highest BCUT2D eigenvalue weighted by Crippen LogP contribution is 2.23. The summed E-state index contributed by atoms with van der Waals surface area (Å²) in [4.78, 5) is 11.4. The SMILES string of the molecule is Cc1cccc(CNc2ccnc(Nc3ccc(N4CCCCC4)cc3)n2)c1. The Balaban J connectivity index is 1.37. The molecule has 0 aliphatic carbocycles. The minimum Gasteiger partial charge on any atom is -0.372 e. The normalized spacial score (nSPS) is 14.0. The molecule has 0 atom stereocenters. The third-order valence-corrected chi connectivity index (χ3v) is 5.06. The molecule has 1 aliphatic rings. The molecule has 0 radical (unpaired) electrons. The predicted octanol–water partition coefficient (Wildman–Crippen LogP) is 5.13. The maximum atomic E-state index is 4.57. The van der Waals surface area contributed by atoms with Crippen LogP contribution in [0.4, 0.5) is 23.1 Å². The van der Waals surface area contributed by atoms with Crippen molar-refractivity contribution in [2.75, 3.05) is 28.6 Å². The van der Waals surface area contributed by atoms with Gasteiger partial charge in [-0.3, -0.25) is 0 Å². The average Bonchev–Trinajstić information content (AvgIpc) is 2.74. The molecule has 2 aromatic carbocycles. The van der Waals surface area contributed by atoms with E-state index in [1.165, 1.54) is 36.1 Å². The van der Waals surface area contributed by atoms with E-state index in [4.69, 9.17) is 0 Å². The smallest absolute Gasteiger partial charge is 0.229 e. The van der Waals surface area contributed by atoms with E-state index in [-0.39, 0.29) is 0 Å². The monoisotopic (exact) mass is 373 g/mol. The van der Waals surface area contributed by atoms with Crippen molar-refractivity contribution < 1.29 is 0 Å². The molecule has 1 saturated heterocycles. The summed E-state index contributed by atoms with van der Waals surface area (Å²) in [6.07, 6.45) is 5.70. The fourth-order valence-corrected chi connectivity index (χ4v) is 3.57. The maximum absolute atomic E-state index is 4.57. The summed E-state index contributed by atoms with van der Waals surface area (Å²) in [5.41, 5.74) is 4.79. The van der Waals surface area contributed by atoms with Crippen LogP contribution in [-0.2, 0) is 6.54 Å². The van der Waals surface area contributed by atoms with E-state index in [1.807, 2.05) is 6.07 Å². The largest absolute Gasteiger partial charge is 0.372 e. The summed E-state index contributed by atoms with van der Waals surface area (Å²) in [7, 11) is 0. The molecule has 28 heavy (non-hydrogen) atoms. The number of piperidine rings is 1. The van der Waals surface area contributed by atoms with Crippen LogP contribution in [0.5, 0.6) is 0 Å². The Labute approximate surface area is 166 Å². The molecule has 5 nitrogen and oxygen atoms in total. The number of aromatic nitrogens is 2. The van der Waals surface area contributed by atoms with Crippen LogP contribution in [0.25, 0.3) is 0 Å². The molecular formula is C23H27N5. The van der Waals surface area contributed by atoms with Gasteiger partial charge < -0.3 is 15.5 Å². The first-order valence-electron chi connectivity index (χ1n) is 10.0. The summed E-state index contributed by atoms with van der Waals surface area (Å²) in [5.74, 6) is 1.41. The van der Waals surface area contributed by atoms with Crippen molar-refractivity contribution in [1.29, 1.82) is 0 Å². The van der Waals surface area contributed by atoms with Gasteiger partial charge in [0.15, 0.2) is 0 Å². The van der Waals surface area contributed by atoms with Crippen molar-refractivity contribution in [3.8, 4) is 0 Å². The molecule has 0 saturated carbocycles. The lowest BCUT2D eigenvalue weighted by atomic mass is 10.1. The third kappa shape index (κ3) is 4.80. The highest BCUT2D eigenvalue weighted by molar-refractivity contribution is 5.60. The number of aryl methyl sites for hydroxylation is 1. The fourth-order valence-electron chi connectivity index (χ4n) is 3.57. The van der Waals surface area contributed by atoms with Crippen LogP contribution in [0.3, 0.4) is 0 Å². The molecular weight excluding hydrogens is 346 g/mol. The molecule has 4 rings (SSSR count). The van der Waals surface area contributed by atoms with E-state index in [0.29, 0.717) is 5.95 Å². The van der Waals surface area contributed by atoms with Crippen molar-refractivity contribution in [2.24, 2.45) is 0 Å². The second-order valence-corrected chi connectivity index (χ2v) is 7.33. The first kappa shape index (κ1) is 18.3. The van der Waals surface area contributed by atoms with Gasteiger partial charge in [0, 0.05) is 37.2 Å². The third-order valence-electron chi connectivity index (χ3n) is 5.06. The Hall–Kier alpha value is -3.08. The van der Waals surface area contributed by atoms with Crippen molar-refractivity contribution in [2.45, 2.75) is 32.7 Å².